The Morgan fingerprint density at radius 1 is 1.16 bits per heavy atom. The Morgan fingerprint density at radius 2 is 1.96 bits per heavy atom. The normalized spacial score (nSPS) is 11.4. The van der Waals surface area contributed by atoms with Crippen molar-refractivity contribution in [2.45, 2.75) is 19.0 Å². The quantitative estimate of drug-likeness (QED) is 0.329. The third-order valence-electron chi connectivity index (χ3n) is 3.24. The number of para-hydroxylation sites is 1. The van der Waals surface area contributed by atoms with Gasteiger partial charge in [-0.05, 0) is 58.9 Å². The van der Waals surface area contributed by atoms with E-state index < -0.39 is 0 Å². The van der Waals surface area contributed by atoms with Crippen LogP contribution in [0.1, 0.15) is 12.5 Å². The van der Waals surface area contributed by atoms with Crippen molar-refractivity contribution in [3.63, 3.8) is 0 Å². The van der Waals surface area contributed by atoms with E-state index >= 15 is 0 Å². The zero-order valence-corrected chi connectivity index (χ0v) is 14.6. The van der Waals surface area contributed by atoms with Crippen molar-refractivity contribution in [2.24, 2.45) is 5.10 Å². The Labute approximate surface area is 149 Å². The van der Waals surface area contributed by atoms with Crippen LogP contribution in [0, 0.1) is 6.92 Å². The van der Waals surface area contributed by atoms with E-state index in [0.29, 0.717) is 5.16 Å². The molecule has 1 aromatic heterocycles. The van der Waals surface area contributed by atoms with Crippen molar-refractivity contribution in [3.8, 4) is 5.69 Å². The number of hydrogen-bond acceptors (Lipinski definition) is 7. The first kappa shape index (κ1) is 16.8. The highest BCUT2D eigenvalue weighted by Gasteiger charge is 2.16. The van der Waals surface area contributed by atoms with Crippen molar-refractivity contribution in [2.75, 3.05) is 5.43 Å². The second kappa shape index (κ2) is 7.71. The van der Waals surface area contributed by atoms with Crippen LogP contribution in [0.3, 0.4) is 0 Å². The van der Waals surface area contributed by atoms with Crippen molar-refractivity contribution in [1.29, 1.82) is 0 Å². The Bertz CT molecular complexity index is 906. The molecule has 0 spiro atoms. The summed E-state index contributed by atoms with van der Waals surface area (Å²) in [6.07, 6.45) is 0. The lowest BCUT2D eigenvalue weighted by Gasteiger charge is -2.06. The van der Waals surface area contributed by atoms with Crippen LogP contribution >= 0.6 is 11.8 Å². The molecular weight excluding hydrogens is 336 g/mol. The molecule has 1 heterocycles. The first-order valence-corrected chi connectivity index (χ1v) is 8.38. The molecule has 0 bridgehead atoms. The van der Waals surface area contributed by atoms with Crippen LogP contribution in [0.5, 0.6) is 0 Å². The minimum absolute atomic E-state index is 0.173. The van der Waals surface area contributed by atoms with Crippen LogP contribution < -0.4 is 5.43 Å². The number of anilines is 1. The summed E-state index contributed by atoms with van der Waals surface area (Å²) in [5.74, 6) is -0.173. The fraction of sp³-hybridized carbons (Fsp3) is 0.118. The maximum Gasteiger partial charge on any atom is 0.220 e. The van der Waals surface area contributed by atoms with Gasteiger partial charge in [-0.1, -0.05) is 30.3 Å². The summed E-state index contributed by atoms with van der Waals surface area (Å²) >= 11 is 1.11. The first-order chi connectivity index (χ1) is 12.1. The number of hydrogen-bond donors (Lipinski definition) is 1. The van der Waals surface area contributed by atoms with Crippen LogP contribution in [-0.2, 0) is 4.79 Å². The number of ketones is 1. The van der Waals surface area contributed by atoms with Gasteiger partial charge in [-0.25, -0.2) is 0 Å². The lowest BCUT2D eigenvalue weighted by Crippen LogP contribution is -2.10. The average molecular weight is 352 g/mol. The Balaban J connectivity index is 1.83. The lowest BCUT2D eigenvalue weighted by molar-refractivity contribution is -0.110. The molecule has 0 saturated carbocycles. The highest BCUT2D eigenvalue weighted by Crippen LogP contribution is 2.20. The molecule has 0 saturated heterocycles. The summed E-state index contributed by atoms with van der Waals surface area (Å²) in [4.78, 5) is 11.9. The van der Waals surface area contributed by atoms with Gasteiger partial charge in [0.05, 0.1) is 11.4 Å². The molecule has 0 aliphatic heterocycles. The standard InChI is InChI=1S/C17H16N6OS/c1-12-7-6-8-14(11-12)18-19-16(13(2)24)25-17-20-21-22-23(17)15-9-4-3-5-10-15/h3-11,18H,1-2H3. The molecule has 0 radical (unpaired) electrons. The highest BCUT2D eigenvalue weighted by atomic mass is 32.2. The largest absolute Gasteiger partial charge is 0.292 e. The van der Waals surface area contributed by atoms with Crippen LogP contribution in [0.15, 0.2) is 64.9 Å². The maximum atomic E-state index is 11.9. The van der Waals surface area contributed by atoms with Crippen LogP contribution in [0.4, 0.5) is 5.69 Å². The molecule has 0 aliphatic carbocycles. The van der Waals surface area contributed by atoms with Crippen LogP contribution in [0.25, 0.3) is 5.69 Å². The Kier molecular flexibility index (Phi) is 5.20. The number of nitrogens with one attached hydrogen (secondary N) is 1. The Morgan fingerprint density at radius 3 is 2.68 bits per heavy atom. The number of tetrazole rings is 1. The second-order valence-electron chi connectivity index (χ2n) is 5.27. The molecule has 7 nitrogen and oxygen atoms in total. The summed E-state index contributed by atoms with van der Waals surface area (Å²) in [6, 6.07) is 17.2. The second-order valence-corrected chi connectivity index (χ2v) is 6.22. The molecule has 0 unspecified atom stereocenters. The first-order valence-electron chi connectivity index (χ1n) is 7.56. The smallest absolute Gasteiger partial charge is 0.220 e. The summed E-state index contributed by atoms with van der Waals surface area (Å²) < 4.78 is 1.57. The van der Waals surface area contributed by atoms with Crippen LogP contribution in [0.2, 0.25) is 0 Å². The van der Waals surface area contributed by atoms with E-state index in [-0.39, 0.29) is 10.8 Å². The predicted octanol–water partition coefficient (Wildman–Crippen LogP) is 3.08. The van der Waals surface area contributed by atoms with E-state index in [1.54, 1.807) is 4.68 Å². The van der Waals surface area contributed by atoms with E-state index in [9.17, 15) is 4.79 Å². The molecular formula is C17H16N6OS. The number of carbonyl (C=O) groups excluding carboxylic acids is 1. The number of aryl methyl sites for hydroxylation is 1. The summed E-state index contributed by atoms with van der Waals surface area (Å²) in [7, 11) is 0. The predicted molar refractivity (Wildman–Crippen MR) is 97.9 cm³/mol. The Hall–Kier alpha value is -3.00. The van der Waals surface area contributed by atoms with Crippen LogP contribution in [-0.4, -0.2) is 31.0 Å². The molecule has 3 rings (SSSR count). The van der Waals surface area contributed by atoms with Gasteiger partial charge in [-0.15, -0.1) is 5.10 Å². The molecule has 0 aliphatic rings. The summed E-state index contributed by atoms with van der Waals surface area (Å²) in [5.41, 5.74) is 5.63. The zero-order valence-electron chi connectivity index (χ0n) is 13.7. The van der Waals surface area contributed by atoms with Gasteiger partial charge in [0.25, 0.3) is 0 Å². The van der Waals surface area contributed by atoms with E-state index in [0.717, 1.165) is 28.7 Å². The molecule has 126 valence electrons. The molecule has 3 aromatic rings. The van der Waals surface area contributed by atoms with E-state index in [1.807, 2.05) is 61.5 Å². The van der Waals surface area contributed by atoms with E-state index in [2.05, 4.69) is 26.1 Å². The zero-order chi connectivity index (χ0) is 17.6. The average Bonchev–Trinajstić information content (AvgIpc) is 3.07. The lowest BCUT2D eigenvalue weighted by atomic mass is 10.2. The van der Waals surface area contributed by atoms with E-state index in [1.165, 1.54) is 6.92 Å². The molecule has 0 atom stereocenters. The molecule has 0 fully saturated rings. The molecule has 25 heavy (non-hydrogen) atoms. The van der Waals surface area contributed by atoms with Gasteiger partial charge in [-0.3, -0.25) is 10.2 Å². The van der Waals surface area contributed by atoms with Gasteiger partial charge in [0.2, 0.25) is 5.16 Å². The monoisotopic (exact) mass is 352 g/mol. The number of carbonyl (C=O) groups is 1. The summed E-state index contributed by atoms with van der Waals surface area (Å²) in [5, 5.41) is 16.6. The van der Waals surface area contributed by atoms with Gasteiger partial charge < -0.3 is 0 Å². The van der Waals surface area contributed by atoms with Gasteiger partial charge >= 0.3 is 0 Å². The van der Waals surface area contributed by atoms with Crippen molar-refractivity contribution in [3.05, 3.63) is 60.2 Å². The van der Waals surface area contributed by atoms with Crippen molar-refractivity contribution in [1.82, 2.24) is 20.2 Å². The fourth-order valence-corrected chi connectivity index (χ4v) is 2.78. The van der Waals surface area contributed by atoms with Gasteiger partial charge in [-0.2, -0.15) is 9.78 Å². The number of thioether (sulfide) groups is 1. The fourth-order valence-electron chi connectivity index (χ4n) is 2.06. The number of aromatic nitrogens is 4. The van der Waals surface area contributed by atoms with Gasteiger partial charge in [0.15, 0.2) is 10.8 Å². The number of nitrogens with zero attached hydrogens (tertiary/aromatic N) is 5. The molecule has 1 N–H and O–H groups in total. The number of benzene rings is 2. The third kappa shape index (κ3) is 4.30. The molecule has 8 heteroatoms. The molecule has 0 amide bonds. The summed E-state index contributed by atoms with van der Waals surface area (Å²) in [6.45, 7) is 3.45. The minimum atomic E-state index is -0.173. The topological polar surface area (TPSA) is 85.1 Å². The SMILES string of the molecule is CC(=O)C(=NNc1cccc(C)c1)Sc1nnnn1-c1ccccc1. The number of rotatable bonds is 5. The minimum Gasteiger partial charge on any atom is -0.292 e. The third-order valence-corrected chi connectivity index (χ3v) is 4.24. The van der Waals surface area contributed by atoms with Gasteiger partial charge in [0, 0.05) is 6.92 Å². The highest BCUT2D eigenvalue weighted by molar-refractivity contribution is 8.15. The van der Waals surface area contributed by atoms with Gasteiger partial charge in [0.1, 0.15) is 0 Å². The number of Topliss-reactive ketones (excluding diaryl/α,β-unsaturated/α-hetero) is 1. The molecule has 2 aromatic carbocycles. The maximum absolute atomic E-state index is 11.9. The number of hydrazone groups is 1. The van der Waals surface area contributed by atoms with Crippen molar-refractivity contribution >= 4 is 28.3 Å². The van der Waals surface area contributed by atoms with Crippen molar-refractivity contribution < 1.29 is 4.79 Å². The van der Waals surface area contributed by atoms with E-state index in [4.69, 9.17) is 0 Å².